The molecule has 0 radical (unpaired) electrons. The molecular weight excluding hydrogens is 218 g/mol. The summed E-state index contributed by atoms with van der Waals surface area (Å²) in [5, 5.41) is 0. The minimum atomic E-state index is 0.171. The summed E-state index contributed by atoms with van der Waals surface area (Å²) in [5.41, 5.74) is 1.13. The Morgan fingerprint density at radius 3 is 2.76 bits per heavy atom. The molecule has 0 aromatic heterocycles. The van der Waals surface area contributed by atoms with Crippen LogP contribution in [0.25, 0.3) is 0 Å². The monoisotopic (exact) mass is 233 g/mol. The van der Waals surface area contributed by atoms with Gasteiger partial charge in [-0.25, -0.2) is 0 Å². The number of likely N-dealkylation sites (tertiary alicyclic amines) is 1. The normalized spacial score (nSPS) is 18.7. The molecule has 4 heteroatoms. The number of rotatable bonds is 6. The van der Waals surface area contributed by atoms with E-state index in [0.29, 0.717) is 26.0 Å². The minimum absolute atomic E-state index is 0.171. The topological polar surface area (TPSA) is 46.6 Å². The average Bonchev–Trinajstić information content (AvgIpc) is 2.36. The van der Waals surface area contributed by atoms with E-state index in [4.69, 9.17) is 0 Å². The maximum Gasteiger partial charge on any atom is 0.293 e. The highest BCUT2D eigenvalue weighted by Crippen LogP contribution is 2.24. The first-order valence-corrected chi connectivity index (χ1v) is 5.70. The molecule has 1 aliphatic rings. The van der Waals surface area contributed by atoms with E-state index in [0.717, 1.165) is 12.0 Å². The predicted molar refractivity (Wildman–Crippen MR) is 62.0 cm³/mol. The van der Waals surface area contributed by atoms with Crippen molar-refractivity contribution in [2.75, 3.05) is 6.61 Å². The molecule has 1 aliphatic heterocycles. The van der Waals surface area contributed by atoms with Crippen molar-refractivity contribution in [3.05, 3.63) is 35.9 Å². The van der Waals surface area contributed by atoms with Gasteiger partial charge in [-0.1, -0.05) is 30.3 Å². The second kappa shape index (κ2) is 5.48. The van der Waals surface area contributed by atoms with Crippen LogP contribution >= 0.6 is 0 Å². The molecule has 0 saturated carbocycles. The molecule has 1 heterocycles. The van der Waals surface area contributed by atoms with Crippen molar-refractivity contribution >= 4 is 12.4 Å². The van der Waals surface area contributed by atoms with E-state index in [1.807, 2.05) is 35.2 Å². The van der Waals surface area contributed by atoms with Gasteiger partial charge in [-0.15, -0.1) is 0 Å². The van der Waals surface area contributed by atoms with Crippen LogP contribution < -0.4 is 0 Å². The van der Waals surface area contributed by atoms with Gasteiger partial charge < -0.3 is 9.64 Å². The third-order valence-corrected chi connectivity index (χ3v) is 3.00. The van der Waals surface area contributed by atoms with Gasteiger partial charge in [0.15, 0.2) is 0 Å². The highest BCUT2D eigenvalue weighted by Gasteiger charge is 2.35. The Morgan fingerprint density at radius 1 is 1.35 bits per heavy atom. The lowest BCUT2D eigenvalue weighted by molar-refractivity contribution is -0.148. The summed E-state index contributed by atoms with van der Waals surface area (Å²) in [6.07, 6.45) is 1.28. The number of β-lactam (4-membered cyclic amide) rings is 1. The zero-order valence-electron chi connectivity index (χ0n) is 9.54. The van der Waals surface area contributed by atoms with Crippen LogP contribution in [0.15, 0.2) is 30.3 Å². The van der Waals surface area contributed by atoms with Crippen LogP contribution in [-0.2, 0) is 20.9 Å². The molecule has 0 bridgehead atoms. The molecule has 0 spiro atoms. The SMILES string of the molecule is O=COCC[C@@H]1CC(=O)N1Cc1ccccc1. The number of hydrogen-bond donors (Lipinski definition) is 0. The Morgan fingerprint density at radius 2 is 2.12 bits per heavy atom. The van der Waals surface area contributed by atoms with Crippen LogP contribution in [0.1, 0.15) is 18.4 Å². The Kier molecular flexibility index (Phi) is 3.75. The Balaban J connectivity index is 1.86. The number of carbonyl (C=O) groups excluding carboxylic acids is 2. The van der Waals surface area contributed by atoms with Crippen molar-refractivity contribution < 1.29 is 14.3 Å². The van der Waals surface area contributed by atoms with Gasteiger partial charge >= 0.3 is 0 Å². The van der Waals surface area contributed by atoms with Crippen LogP contribution in [0, 0.1) is 0 Å². The van der Waals surface area contributed by atoms with E-state index >= 15 is 0 Å². The predicted octanol–water partition coefficient (Wildman–Crippen LogP) is 1.35. The molecular formula is C13H15NO3. The van der Waals surface area contributed by atoms with Crippen LogP contribution in [0.4, 0.5) is 0 Å². The number of carbonyl (C=O) groups is 2. The number of benzene rings is 1. The van der Waals surface area contributed by atoms with Crippen LogP contribution in [-0.4, -0.2) is 29.9 Å². The molecule has 1 aromatic carbocycles. The lowest BCUT2D eigenvalue weighted by atomic mass is 9.98. The second-order valence-corrected chi connectivity index (χ2v) is 4.12. The molecule has 1 amide bonds. The summed E-state index contributed by atoms with van der Waals surface area (Å²) in [6, 6.07) is 10.1. The van der Waals surface area contributed by atoms with Gasteiger partial charge in [0, 0.05) is 25.4 Å². The van der Waals surface area contributed by atoms with E-state index in [1.54, 1.807) is 0 Å². The van der Waals surface area contributed by atoms with Crippen molar-refractivity contribution in [1.29, 1.82) is 0 Å². The first-order valence-electron chi connectivity index (χ1n) is 5.70. The number of hydrogen-bond acceptors (Lipinski definition) is 3. The summed E-state index contributed by atoms with van der Waals surface area (Å²) in [7, 11) is 0. The molecule has 90 valence electrons. The number of nitrogens with zero attached hydrogens (tertiary/aromatic N) is 1. The smallest absolute Gasteiger partial charge is 0.293 e. The van der Waals surface area contributed by atoms with Crippen LogP contribution in [0.5, 0.6) is 0 Å². The average molecular weight is 233 g/mol. The fourth-order valence-electron chi connectivity index (χ4n) is 2.03. The fourth-order valence-corrected chi connectivity index (χ4v) is 2.03. The lowest BCUT2D eigenvalue weighted by Gasteiger charge is -2.40. The molecule has 2 rings (SSSR count). The van der Waals surface area contributed by atoms with Crippen molar-refractivity contribution in [1.82, 2.24) is 4.90 Å². The zero-order valence-corrected chi connectivity index (χ0v) is 9.54. The van der Waals surface area contributed by atoms with Gasteiger partial charge in [-0.2, -0.15) is 0 Å². The van der Waals surface area contributed by atoms with Gasteiger partial charge in [-0.05, 0) is 5.56 Å². The van der Waals surface area contributed by atoms with E-state index in [1.165, 1.54) is 0 Å². The first-order chi connectivity index (χ1) is 8.31. The maximum atomic E-state index is 11.5. The standard InChI is InChI=1S/C13H15NO3/c15-10-17-7-6-12-8-13(16)14(12)9-11-4-2-1-3-5-11/h1-5,10,12H,6-9H2/t12-/m1/s1. The highest BCUT2D eigenvalue weighted by molar-refractivity contribution is 5.83. The second-order valence-electron chi connectivity index (χ2n) is 4.12. The van der Waals surface area contributed by atoms with E-state index in [2.05, 4.69) is 4.74 Å². The summed E-state index contributed by atoms with van der Waals surface area (Å²) in [6.45, 7) is 1.47. The van der Waals surface area contributed by atoms with Crippen LogP contribution in [0.2, 0.25) is 0 Å². The molecule has 4 nitrogen and oxygen atoms in total. The molecule has 0 aliphatic carbocycles. The van der Waals surface area contributed by atoms with Gasteiger partial charge in [0.1, 0.15) is 0 Å². The molecule has 1 atom stereocenters. The highest BCUT2D eigenvalue weighted by atomic mass is 16.5. The fraction of sp³-hybridized carbons (Fsp3) is 0.385. The third-order valence-electron chi connectivity index (χ3n) is 3.00. The zero-order chi connectivity index (χ0) is 12.1. The summed E-state index contributed by atoms with van der Waals surface area (Å²) in [4.78, 5) is 23.4. The van der Waals surface area contributed by atoms with Gasteiger partial charge in [-0.3, -0.25) is 9.59 Å². The van der Waals surface area contributed by atoms with Gasteiger partial charge in [0.05, 0.1) is 6.61 Å². The maximum absolute atomic E-state index is 11.5. The van der Waals surface area contributed by atoms with E-state index in [-0.39, 0.29) is 11.9 Å². The van der Waals surface area contributed by atoms with E-state index < -0.39 is 0 Å². The van der Waals surface area contributed by atoms with Crippen molar-refractivity contribution in [3.8, 4) is 0 Å². The van der Waals surface area contributed by atoms with Crippen molar-refractivity contribution in [2.45, 2.75) is 25.4 Å². The summed E-state index contributed by atoms with van der Waals surface area (Å²) in [5.74, 6) is 0.171. The molecule has 17 heavy (non-hydrogen) atoms. The summed E-state index contributed by atoms with van der Waals surface area (Å²) >= 11 is 0. The Bertz CT molecular complexity index is 391. The number of amides is 1. The Hall–Kier alpha value is -1.84. The first kappa shape index (κ1) is 11.6. The Labute approximate surface area is 100 Å². The summed E-state index contributed by atoms with van der Waals surface area (Å²) < 4.78 is 4.66. The lowest BCUT2D eigenvalue weighted by Crippen LogP contribution is -2.52. The third kappa shape index (κ3) is 2.84. The molecule has 0 N–H and O–H groups in total. The quantitative estimate of drug-likeness (QED) is 0.423. The van der Waals surface area contributed by atoms with Crippen molar-refractivity contribution in [2.24, 2.45) is 0 Å². The largest absolute Gasteiger partial charge is 0.468 e. The van der Waals surface area contributed by atoms with Crippen LogP contribution in [0.3, 0.4) is 0 Å². The van der Waals surface area contributed by atoms with Gasteiger partial charge in [0.25, 0.3) is 6.47 Å². The molecule has 1 saturated heterocycles. The molecule has 1 aromatic rings. The van der Waals surface area contributed by atoms with Crippen molar-refractivity contribution in [3.63, 3.8) is 0 Å². The minimum Gasteiger partial charge on any atom is -0.468 e. The van der Waals surface area contributed by atoms with E-state index in [9.17, 15) is 9.59 Å². The van der Waals surface area contributed by atoms with Gasteiger partial charge in [0.2, 0.25) is 5.91 Å². The number of ether oxygens (including phenoxy) is 1. The molecule has 0 unspecified atom stereocenters. The molecule has 1 fully saturated rings.